The molecule has 0 aliphatic rings. The summed E-state index contributed by atoms with van der Waals surface area (Å²) < 4.78 is 37.8. The van der Waals surface area contributed by atoms with E-state index in [1.165, 1.54) is 19.1 Å². The summed E-state index contributed by atoms with van der Waals surface area (Å²) in [7, 11) is -3.40. The van der Waals surface area contributed by atoms with Crippen LogP contribution in [0.2, 0.25) is 0 Å². The standard InChI is InChI=1S/C12H16FNO4S/c1-12(7-15,8-16)10-4-3-9(11(13)5-10)6-14-19(2,17)18/h3-5,7,14,16H,6,8H2,1-2H3. The third-order valence-corrected chi connectivity index (χ3v) is 3.49. The molecule has 1 atom stereocenters. The zero-order chi connectivity index (χ0) is 14.7. The van der Waals surface area contributed by atoms with Gasteiger partial charge in [-0.25, -0.2) is 17.5 Å². The summed E-state index contributed by atoms with van der Waals surface area (Å²) in [6, 6.07) is 4.01. The van der Waals surface area contributed by atoms with Gasteiger partial charge in [-0.1, -0.05) is 12.1 Å². The molecule has 19 heavy (non-hydrogen) atoms. The van der Waals surface area contributed by atoms with Gasteiger partial charge in [0.25, 0.3) is 0 Å². The molecule has 0 amide bonds. The van der Waals surface area contributed by atoms with Crippen molar-refractivity contribution < 1.29 is 22.7 Å². The first-order chi connectivity index (χ1) is 8.72. The minimum Gasteiger partial charge on any atom is -0.395 e. The van der Waals surface area contributed by atoms with Crippen LogP contribution in [0.3, 0.4) is 0 Å². The number of aliphatic hydroxyl groups is 1. The van der Waals surface area contributed by atoms with E-state index in [-0.39, 0.29) is 12.1 Å². The van der Waals surface area contributed by atoms with Crippen molar-refractivity contribution in [2.75, 3.05) is 12.9 Å². The van der Waals surface area contributed by atoms with Gasteiger partial charge in [0.1, 0.15) is 12.1 Å². The van der Waals surface area contributed by atoms with Gasteiger partial charge in [0.05, 0.1) is 18.3 Å². The van der Waals surface area contributed by atoms with Gasteiger partial charge in [0.15, 0.2) is 0 Å². The maximum absolute atomic E-state index is 13.8. The van der Waals surface area contributed by atoms with Crippen LogP contribution in [0.25, 0.3) is 0 Å². The molecule has 0 saturated carbocycles. The largest absolute Gasteiger partial charge is 0.395 e. The number of hydrogen-bond donors (Lipinski definition) is 2. The fourth-order valence-corrected chi connectivity index (χ4v) is 1.87. The predicted octanol–water partition coefficient (Wildman–Crippen LogP) is 0.324. The fraction of sp³-hybridized carbons (Fsp3) is 0.417. The summed E-state index contributed by atoms with van der Waals surface area (Å²) in [6.45, 7) is 0.891. The van der Waals surface area contributed by atoms with Gasteiger partial charge >= 0.3 is 0 Å². The molecule has 1 rings (SSSR count). The molecular weight excluding hydrogens is 273 g/mol. The second-order valence-electron chi connectivity index (χ2n) is 4.59. The SMILES string of the molecule is CC(C=O)(CO)c1ccc(CNS(C)(=O)=O)c(F)c1. The predicted molar refractivity (Wildman–Crippen MR) is 68.6 cm³/mol. The van der Waals surface area contributed by atoms with Crippen LogP contribution in [-0.2, 0) is 26.8 Å². The molecule has 7 heteroatoms. The fourth-order valence-electron chi connectivity index (χ4n) is 1.45. The number of benzene rings is 1. The minimum atomic E-state index is -3.40. The number of halogens is 1. The van der Waals surface area contributed by atoms with E-state index >= 15 is 0 Å². The monoisotopic (exact) mass is 289 g/mol. The second kappa shape index (κ2) is 5.77. The number of sulfonamides is 1. The lowest BCUT2D eigenvalue weighted by molar-refractivity contribution is -0.113. The molecule has 0 aromatic heterocycles. The normalized spacial score (nSPS) is 14.9. The Hall–Kier alpha value is -1.31. The van der Waals surface area contributed by atoms with E-state index in [1.807, 2.05) is 0 Å². The molecule has 5 nitrogen and oxygen atoms in total. The van der Waals surface area contributed by atoms with Crippen LogP contribution in [0.5, 0.6) is 0 Å². The zero-order valence-corrected chi connectivity index (χ0v) is 11.5. The number of carbonyl (C=O) groups excluding carboxylic acids is 1. The summed E-state index contributed by atoms with van der Waals surface area (Å²) in [6.07, 6.45) is 1.53. The average molecular weight is 289 g/mol. The molecule has 0 saturated heterocycles. The smallest absolute Gasteiger partial charge is 0.209 e. The Kier molecular flexibility index (Phi) is 4.78. The maximum atomic E-state index is 13.8. The minimum absolute atomic E-state index is 0.165. The van der Waals surface area contributed by atoms with E-state index in [1.54, 1.807) is 0 Å². The Labute approximate surface area is 111 Å². The number of aldehydes is 1. The summed E-state index contributed by atoms with van der Waals surface area (Å²) in [4.78, 5) is 10.9. The highest BCUT2D eigenvalue weighted by molar-refractivity contribution is 7.88. The van der Waals surface area contributed by atoms with Gasteiger partial charge in [-0.05, 0) is 18.6 Å². The van der Waals surface area contributed by atoms with E-state index in [9.17, 15) is 17.6 Å². The highest BCUT2D eigenvalue weighted by Gasteiger charge is 2.26. The third kappa shape index (κ3) is 4.09. The molecule has 0 aliphatic heterocycles. The van der Waals surface area contributed by atoms with E-state index in [0.717, 1.165) is 12.3 Å². The maximum Gasteiger partial charge on any atom is 0.209 e. The number of nitrogens with one attached hydrogen (secondary N) is 1. The van der Waals surface area contributed by atoms with Crippen molar-refractivity contribution in [1.29, 1.82) is 0 Å². The molecular formula is C12H16FNO4S. The molecule has 1 aromatic carbocycles. The first-order valence-corrected chi connectivity index (χ1v) is 7.42. The van der Waals surface area contributed by atoms with E-state index in [4.69, 9.17) is 5.11 Å². The Balaban J connectivity index is 3.01. The highest BCUT2D eigenvalue weighted by Crippen LogP contribution is 2.23. The summed E-state index contributed by atoms with van der Waals surface area (Å²) in [5.74, 6) is -0.629. The van der Waals surface area contributed by atoms with E-state index in [0.29, 0.717) is 11.8 Å². The van der Waals surface area contributed by atoms with Crippen molar-refractivity contribution in [1.82, 2.24) is 4.72 Å². The number of aliphatic hydroxyl groups excluding tert-OH is 1. The van der Waals surface area contributed by atoms with Crippen molar-refractivity contribution in [3.63, 3.8) is 0 Å². The van der Waals surface area contributed by atoms with Gasteiger partial charge in [0, 0.05) is 12.1 Å². The Morgan fingerprint density at radius 1 is 1.47 bits per heavy atom. The summed E-state index contributed by atoms with van der Waals surface area (Å²) >= 11 is 0. The van der Waals surface area contributed by atoms with Crippen molar-refractivity contribution >= 4 is 16.3 Å². The van der Waals surface area contributed by atoms with Crippen molar-refractivity contribution in [3.05, 3.63) is 35.1 Å². The molecule has 0 fully saturated rings. The molecule has 0 bridgehead atoms. The van der Waals surface area contributed by atoms with Gasteiger partial charge < -0.3 is 9.90 Å². The van der Waals surface area contributed by atoms with Gasteiger partial charge in [-0.3, -0.25) is 0 Å². The Bertz CT molecular complexity index is 573. The quantitative estimate of drug-likeness (QED) is 0.739. The van der Waals surface area contributed by atoms with Crippen LogP contribution < -0.4 is 4.72 Å². The van der Waals surface area contributed by atoms with Gasteiger partial charge in [-0.2, -0.15) is 0 Å². The molecule has 0 aliphatic carbocycles. The van der Waals surface area contributed by atoms with Crippen molar-refractivity contribution in [3.8, 4) is 0 Å². The lowest BCUT2D eigenvalue weighted by Gasteiger charge is -2.21. The zero-order valence-electron chi connectivity index (χ0n) is 10.7. The van der Waals surface area contributed by atoms with Crippen LogP contribution in [0.1, 0.15) is 18.1 Å². The van der Waals surface area contributed by atoms with Crippen LogP contribution >= 0.6 is 0 Å². The van der Waals surface area contributed by atoms with Crippen LogP contribution in [0, 0.1) is 5.82 Å². The molecule has 0 radical (unpaired) electrons. The summed E-state index contributed by atoms with van der Waals surface area (Å²) in [5.41, 5.74) is -0.658. The van der Waals surface area contributed by atoms with Crippen molar-refractivity contribution in [2.45, 2.75) is 18.9 Å². The molecule has 0 heterocycles. The van der Waals surface area contributed by atoms with E-state index in [2.05, 4.69) is 4.72 Å². The highest BCUT2D eigenvalue weighted by atomic mass is 32.2. The van der Waals surface area contributed by atoms with Gasteiger partial charge in [0.2, 0.25) is 10.0 Å². The van der Waals surface area contributed by atoms with Crippen molar-refractivity contribution in [2.24, 2.45) is 0 Å². The molecule has 1 aromatic rings. The topological polar surface area (TPSA) is 83.5 Å². The lowest BCUT2D eigenvalue weighted by atomic mass is 9.84. The Morgan fingerprint density at radius 3 is 2.53 bits per heavy atom. The van der Waals surface area contributed by atoms with E-state index < -0.39 is 27.9 Å². The van der Waals surface area contributed by atoms with Crippen LogP contribution in [0.4, 0.5) is 4.39 Å². The first kappa shape index (κ1) is 15.7. The second-order valence-corrected chi connectivity index (χ2v) is 6.43. The first-order valence-electron chi connectivity index (χ1n) is 5.52. The molecule has 0 spiro atoms. The summed E-state index contributed by atoms with van der Waals surface area (Å²) in [5, 5.41) is 9.16. The molecule has 2 N–H and O–H groups in total. The van der Waals surface area contributed by atoms with Crippen LogP contribution in [0.15, 0.2) is 18.2 Å². The average Bonchev–Trinajstić information content (AvgIpc) is 2.35. The molecule has 106 valence electrons. The van der Waals surface area contributed by atoms with Gasteiger partial charge in [-0.15, -0.1) is 0 Å². The number of hydrogen-bond acceptors (Lipinski definition) is 4. The lowest BCUT2D eigenvalue weighted by Crippen LogP contribution is -2.29. The van der Waals surface area contributed by atoms with Crippen LogP contribution in [-0.4, -0.2) is 32.7 Å². The number of rotatable bonds is 6. The molecule has 1 unspecified atom stereocenters. The third-order valence-electron chi connectivity index (χ3n) is 2.83. The number of carbonyl (C=O) groups is 1. The Morgan fingerprint density at radius 2 is 2.11 bits per heavy atom.